The van der Waals surface area contributed by atoms with E-state index >= 15 is 0 Å². The molecule has 0 N–H and O–H groups in total. The van der Waals surface area contributed by atoms with Crippen molar-refractivity contribution >= 4 is 16.9 Å². The molecule has 0 bridgehead atoms. The Morgan fingerprint density at radius 1 is 1.14 bits per heavy atom. The van der Waals surface area contributed by atoms with Gasteiger partial charge in [0, 0.05) is 37.6 Å². The molecule has 29 heavy (non-hydrogen) atoms. The summed E-state index contributed by atoms with van der Waals surface area (Å²) in [6, 6.07) is 11.7. The molecule has 3 aromatic heterocycles. The first kappa shape index (κ1) is 18.9. The Hall–Kier alpha value is -3.48. The van der Waals surface area contributed by atoms with E-state index < -0.39 is 0 Å². The zero-order valence-electron chi connectivity index (χ0n) is 17.3. The molecule has 0 saturated heterocycles. The summed E-state index contributed by atoms with van der Waals surface area (Å²) in [4.78, 5) is 19.8. The van der Waals surface area contributed by atoms with Crippen molar-refractivity contribution in [1.29, 1.82) is 0 Å². The van der Waals surface area contributed by atoms with Gasteiger partial charge in [0.15, 0.2) is 5.65 Å². The molecule has 0 spiro atoms. The van der Waals surface area contributed by atoms with E-state index in [2.05, 4.69) is 10.2 Å². The number of hydrogen-bond acceptors (Lipinski definition) is 4. The van der Waals surface area contributed by atoms with Crippen molar-refractivity contribution in [2.45, 2.75) is 27.3 Å². The molecule has 1 amide bonds. The maximum Gasteiger partial charge on any atom is 0.254 e. The van der Waals surface area contributed by atoms with Gasteiger partial charge in [-0.2, -0.15) is 10.2 Å². The number of rotatable bonds is 4. The van der Waals surface area contributed by atoms with Gasteiger partial charge in [-0.3, -0.25) is 9.48 Å². The molecule has 0 unspecified atom stereocenters. The van der Waals surface area contributed by atoms with Crippen molar-refractivity contribution in [2.75, 3.05) is 7.05 Å². The minimum absolute atomic E-state index is 0.0561. The SMILES string of the molecule is Cc1cc(C(=O)N(C)Cc2cnn(C)c2C)c2c(C)nn(-c3ccccc3)c2n1. The van der Waals surface area contributed by atoms with E-state index in [1.807, 2.05) is 82.1 Å². The Kier molecular flexibility index (Phi) is 4.66. The fourth-order valence-electron chi connectivity index (χ4n) is 3.56. The second kappa shape index (κ2) is 7.16. The summed E-state index contributed by atoms with van der Waals surface area (Å²) in [5.41, 5.74) is 5.88. The number of carbonyl (C=O) groups excluding carboxylic acids is 1. The van der Waals surface area contributed by atoms with Crippen molar-refractivity contribution in [3.63, 3.8) is 0 Å². The van der Waals surface area contributed by atoms with Gasteiger partial charge < -0.3 is 4.90 Å². The van der Waals surface area contributed by atoms with Gasteiger partial charge in [0.2, 0.25) is 0 Å². The van der Waals surface area contributed by atoms with E-state index in [4.69, 9.17) is 4.98 Å². The molecular weight excluding hydrogens is 364 g/mol. The number of aryl methyl sites for hydroxylation is 3. The number of fused-ring (bicyclic) bond motifs is 1. The van der Waals surface area contributed by atoms with Crippen molar-refractivity contribution in [1.82, 2.24) is 29.4 Å². The number of para-hydroxylation sites is 1. The molecule has 0 atom stereocenters. The van der Waals surface area contributed by atoms with Crippen LogP contribution >= 0.6 is 0 Å². The molecule has 1 aromatic carbocycles. The van der Waals surface area contributed by atoms with Crippen LogP contribution in [0.15, 0.2) is 42.6 Å². The lowest BCUT2D eigenvalue weighted by Gasteiger charge is -2.18. The van der Waals surface area contributed by atoms with Gasteiger partial charge in [-0.15, -0.1) is 0 Å². The van der Waals surface area contributed by atoms with Crippen LogP contribution in [0.3, 0.4) is 0 Å². The third kappa shape index (κ3) is 3.29. The number of amides is 1. The van der Waals surface area contributed by atoms with Crippen LogP contribution in [0.2, 0.25) is 0 Å². The summed E-state index contributed by atoms with van der Waals surface area (Å²) in [5.74, 6) is -0.0561. The summed E-state index contributed by atoms with van der Waals surface area (Å²) in [5, 5.41) is 9.74. The van der Waals surface area contributed by atoms with Gasteiger partial charge in [0.25, 0.3) is 5.91 Å². The number of hydrogen-bond donors (Lipinski definition) is 0. The van der Waals surface area contributed by atoms with Crippen LogP contribution in [0.1, 0.15) is 33.0 Å². The highest BCUT2D eigenvalue weighted by molar-refractivity contribution is 6.06. The monoisotopic (exact) mass is 388 g/mol. The number of aromatic nitrogens is 5. The van der Waals surface area contributed by atoms with E-state index in [1.54, 1.807) is 9.58 Å². The van der Waals surface area contributed by atoms with Gasteiger partial charge in [-0.25, -0.2) is 9.67 Å². The van der Waals surface area contributed by atoms with Crippen molar-refractivity contribution < 1.29 is 4.79 Å². The third-order valence-corrected chi connectivity index (χ3v) is 5.26. The molecule has 0 aliphatic rings. The van der Waals surface area contributed by atoms with Crippen LogP contribution in [0.5, 0.6) is 0 Å². The summed E-state index contributed by atoms with van der Waals surface area (Å²) in [7, 11) is 3.71. The molecule has 3 heterocycles. The summed E-state index contributed by atoms with van der Waals surface area (Å²) >= 11 is 0. The lowest BCUT2D eigenvalue weighted by atomic mass is 10.1. The van der Waals surface area contributed by atoms with Crippen molar-refractivity contribution in [3.8, 4) is 5.69 Å². The molecule has 7 nitrogen and oxygen atoms in total. The highest BCUT2D eigenvalue weighted by Crippen LogP contribution is 2.26. The molecular formula is C22H24N6O. The standard InChI is InChI=1S/C22H24N6O/c1-14-11-19(22(29)26(4)13-17-12-23-27(5)16(17)3)20-15(2)25-28(21(20)24-14)18-9-7-6-8-10-18/h6-12H,13H2,1-5H3. The minimum Gasteiger partial charge on any atom is -0.337 e. The van der Waals surface area contributed by atoms with Crippen LogP contribution in [-0.2, 0) is 13.6 Å². The predicted octanol–water partition coefficient (Wildman–Crippen LogP) is 3.35. The van der Waals surface area contributed by atoms with E-state index in [0.29, 0.717) is 17.8 Å². The van der Waals surface area contributed by atoms with E-state index in [9.17, 15) is 4.79 Å². The van der Waals surface area contributed by atoms with Crippen molar-refractivity contribution in [2.24, 2.45) is 7.05 Å². The maximum absolute atomic E-state index is 13.4. The first-order chi connectivity index (χ1) is 13.9. The molecule has 0 radical (unpaired) electrons. The second-order valence-electron chi connectivity index (χ2n) is 7.38. The van der Waals surface area contributed by atoms with E-state index in [0.717, 1.165) is 33.7 Å². The average molecular weight is 388 g/mol. The van der Waals surface area contributed by atoms with Crippen molar-refractivity contribution in [3.05, 3.63) is 70.8 Å². The zero-order valence-corrected chi connectivity index (χ0v) is 17.3. The predicted molar refractivity (Wildman–Crippen MR) is 112 cm³/mol. The fourth-order valence-corrected chi connectivity index (χ4v) is 3.56. The van der Waals surface area contributed by atoms with Gasteiger partial charge in [0.1, 0.15) is 0 Å². The largest absolute Gasteiger partial charge is 0.337 e. The summed E-state index contributed by atoms with van der Waals surface area (Å²) in [6.45, 7) is 6.32. The quantitative estimate of drug-likeness (QED) is 0.538. The van der Waals surface area contributed by atoms with Crippen LogP contribution in [0.4, 0.5) is 0 Å². The van der Waals surface area contributed by atoms with Gasteiger partial charge in [-0.1, -0.05) is 18.2 Å². The Bertz CT molecular complexity index is 1210. The Labute approximate surface area is 169 Å². The molecule has 0 saturated carbocycles. The Morgan fingerprint density at radius 2 is 1.86 bits per heavy atom. The Morgan fingerprint density at radius 3 is 2.52 bits per heavy atom. The molecule has 0 fully saturated rings. The van der Waals surface area contributed by atoms with Gasteiger partial charge >= 0.3 is 0 Å². The van der Waals surface area contributed by atoms with Crippen LogP contribution in [0, 0.1) is 20.8 Å². The molecule has 7 heteroatoms. The fraction of sp³-hybridized carbons (Fsp3) is 0.273. The lowest BCUT2D eigenvalue weighted by Crippen LogP contribution is -2.27. The molecule has 0 aliphatic heterocycles. The first-order valence-corrected chi connectivity index (χ1v) is 9.52. The molecule has 148 valence electrons. The van der Waals surface area contributed by atoms with Gasteiger partial charge in [0.05, 0.1) is 28.5 Å². The van der Waals surface area contributed by atoms with E-state index in [-0.39, 0.29) is 5.91 Å². The average Bonchev–Trinajstić information content (AvgIpc) is 3.21. The van der Waals surface area contributed by atoms with Crippen LogP contribution in [-0.4, -0.2) is 42.4 Å². The highest BCUT2D eigenvalue weighted by atomic mass is 16.2. The zero-order chi connectivity index (χ0) is 20.7. The number of benzene rings is 1. The number of pyridine rings is 1. The first-order valence-electron chi connectivity index (χ1n) is 9.52. The Balaban J connectivity index is 1.78. The van der Waals surface area contributed by atoms with Gasteiger partial charge in [-0.05, 0) is 39.0 Å². The number of nitrogens with zero attached hydrogens (tertiary/aromatic N) is 6. The third-order valence-electron chi connectivity index (χ3n) is 5.26. The topological polar surface area (TPSA) is 68.8 Å². The minimum atomic E-state index is -0.0561. The molecule has 0 aliphatic carbocycles. The normalized spacial score (nSPS) is 11.2. The molecule has 4 rings (SSSR count). The lowest BCUT2D eigenvalue weighted by molar-refractivity contribution is 0.0786. The van der Waals surface area contributed by atoms with E-state index in [1.165, 1.54) is 0 Å². The maximum atomic E-state index is 13.4. The van der Waals surface area contributed by atoms with Crippen LogP contribution < -0.4 is 0 Å². The smallest absolute Gasteiger partial charge is 0.254 e. The number of carbonyl (C=O) groups is 1. The summed E-state index contributed by atoms with van der Waals surface area (Å²) in [6.07, 6.45) is 1.81. The molecule has 4 aromatic rings. The van der Waals surface area contributed by atoms with Crippen LogP contribution in [0.25, 0.3) is 16.7 Å². The second-order valence-corrected chi connectivity index (χ2v) is 7.38. The summed E-state index contributed by atoms with van der Waals surface area (Å²) < 4.78 is 3.62. The highest BCUT2D eigenvalue weighted by Gasteiger charge is 2.22.